The van der Waals surface area contributed by atoms with Crippen LogP contribution in [0.2, 0.25) is 4.31 Å². The SMILES string of the molecule is CC(=O)c1cc[c]([Pt]([c]2ccc(C(C)=O)cc2)[C@H]2/C=C\CC/C=C\C2)cc1. The number of benzene rings is 2. The van der Waals surface area contributed by atoms with Crippen molar-refractivity contribution in [2.45, 2.75) is 37.4 Å². The second-order valence-electron chi connectivity index (χ2n) is 6.50. The van der Waals surface area contributed by atoms with Crippen LogP contribution in [0.3, 0.4) is 0 Å². The molecular weight excluding hydrogens is 515 g/mol. The Morgan fingerprint density at radius 3 is 1.70 bits per heavy atom. The summed E-state index contributed by atoms with van der Waals surface area (Å²) in [5, 5.41) is 0. The first kappa shape index (κ1) is 19.7. The van der Waals surface area contributed by atoms with Gasteiger partial charge in [-0.1, -0.05) is 0 Å². The Kier molecular flexibility index (Phi) is 6.74. The normalized spacial score (nSPS) is 19.5. The van der Waals surface area contributed by atoms with Crippen LogP contribution in [0, 0.1) is 0 Å². The molecule has 0 saturated heterocycles. The Labute approximate surface area is 167 Å². The minimum atomic E-state index is -1.78. The van der Waals surface area contributed by atoms with Crippen LogP contribution in [-0.4, -0.2) is 11.6 Å². The van der Waals surface area contributed by atoms with Gasteiger partial charge in [0.1, 0.15) is 0 Å². The standard InChI is InChI=1S/2C8H7O.C8H11.Pt/c2*1-7(9)8-5-3-2-4-6-8;1-2-4-6-8-7-5-3-1;/h2*3-6H,1H3;1-3,6,8H,4-5,7H2;/b;;3-1-,8-6-;. The van der Waals surface area contributed by atoms with Gasteiger partial charge < -0.3 is 0 Å². The molecule has 2 nitrogen and oxygen atoms in total. The summed E-state index contributed by atoms with van der Waals surface area (Å²) in [6.07, 6.45) is 12.5. The zero-order chi connectivity index (χ0) is 19.2. The third kappa shape index (κ3) is 5.02. The monoisotopic (exact) mass is 540 g/mol. The van der Waals surface area contributed by atoms with Gasteiger partial charge in [0, 0.05) is 0 Å². The van der Waals surface area contributed by atoms with Gasteiger partial charge in [0.05, 0.1) is 0 Å². The minimum absolute atomic E-state index is 0.0987. The topological polar surface area (TPSA) is 34.1 Å². The van der Waals surface area contributed by atoms with Crippen molar-refractivity contribution in [3.63, 3.8) is 0 Å². The molecule has 27 heavy (non-hydrogen) atoms. The van der Waals surface area contributed by atoms with Gasteiger partial charge in [0.2, 0.25) is 0 Å². The van der Waals surface area contributed by atoms with Crippen molar-refractivity contribution in [2.75, 3.05) is 0 Å². The first-order valence-corrected chi connectivity index (χ1v) is 12.8. The maximum atomic E-state index is 11.6. The molecule has 0 saturated carbocycles. The van der Waals surface area contributed by atoms with E-state index in [1.807, 2.05) is 24.3 Å². The van der Waals surface area contributed by atoms with Gasteiger partial charge >= 0.3 is 168 Å². The van der Waals surface area contributed by atoms with E-state index < -0.39 is 17.3 Å². The van der Waals surface area contributed by atoms with Crippen LogP contribution in [0.15, 0.2) is 72.8 Å². The Morgan fingerprint density at radius 2 is 1.22 bits per heavy atom. The van der Waals surface area contributed by atoms with E-state index in [1.165, 1.54) is 7.91 Å². The van der Waals surface area contributed by atoms with Crippen LogP contribution in [0.4, 0.5) is 0 Å². The molecule has 0 N–H and O–H groups in total. The van der Waals surface area contributed by atoms with Crippen LogP contribution in [-0.2, 0) is 17.3 Å². The predicted molar refractivity (Wildman–Crippen MR) is 108 cm³/mol. The van der Waals surface area contributed by atoms with Crippen LogP contribution in [0.25, 0.3) is 0 Å². The molecule has 0 fully saturated rings. The van der Waals surface area contributed by atoms with Gasteiger partial charge in [0.15, 0.2) is 0 Å². The van der Waals surface area contributed by atoms with E-state index in [9.17, 15) is 9.59 Å². The van der Waals surface area contributed by atoms with Gasteiger partial charge in [-0.25, -0.2) is 0 Å². The third-order valence-corrected chi connectivity index (χ3v) is 11.4. The average Bonchev–Trinajstić information content (AvgIpc) is 2.64. The number of hydrogen-bond donors (Lipinski definition) is 0. The van der Waals surface area contributed by atoms with E-state index in [-0.39, 0.29) is 11.6 Å². The Hall–Kier alpha value is -2.05. The molecule has 0 unspecified atom stereocenters. The van der Waals surface area contributed by atoms with Crippen LogP contribution in [0.1, 0.15) is 53.8 Å². The zero-order valence-electron chi connectivity index (χ0n) is 15.8. The van der Waals surface area contributed by atoms with E-state index in [0.29, 0.717) is 4.31 Å². The summed E-state index contributed by atoms with van der Waals surface area (Å²) in [4.78, 5) is 23.3. The van der Waals surface area contributed by atoms with Crippen molar-refractivity contribution in [3.8, 4) is 0 Å². The van der Waals surface area contributed by atoms with Crippen molar-refractivity contribution in [3.05, 3.63) is 84.0 Å². The molecule has 1 aliphatic carbocycles. The fourth-order valence-electron chi connectivity index (χ4n) is 2.93. The molecule has 0 heterocycles. The fraction of sp³-hybridized carbons (Fsp3) is 0.250. The summed E-state index contributed by atoms with van der Waals surface area (Å²) >= 11 is -1.78. The first-order valence-electron chi connectivity index (χ1n) is 9.18. The van der Waals surface area contributed by atoms with Crippen molar-refractivity contribution in [1.29, 1.82) is 0 Å². The molecule has 0 spiro atoms. The van der Waals surface area contributed by atoms with Crippen molar-refractivity contribution >= 4 is 19.5 Å². The molecule has 0 radical (unpaired) electrons. The van der Waals surface area contributed by atoms with Crippen LogP contribution >= 0.6 is 0 Å². The molecular formula is C24H25O2Pt. The van der Waals surface area contributed by atoms with E-state index in [2.05, 4.69) is 48.6 Å². The molecule has 0 bridgehead atoms. The second kappa shape index (κ2) is 9.24. The van der Waals surface area contributed by atoms with Gasteiger partial charge in [-0.3, -0.25) is 0 Å². The summed E-state index contributed by atoms with van der Waals surface area (Å²) in [7, 11) is 0. The number of ketones is 2. The van der Waals surface area contributed by atoms with Gasteiger partial charge in [-0.15, -0.1) is 0 Å². The molecule has 3 rings (SSSR count). The third-order valence-electron chi connectivity index (χ3n) is 4.43. The number of hydrogen-bond acceptors (Lipinski definition) is 2. The zero-order valence-corrected chi connectivity index (χ0v) is 18.0. The first-order chi connectivity index (χ1) is 13.1. The Bertz CT molecular complexity index is 803. The summed E-state index contributed by atoms with van der Waals surface area (Å²) < 4.78 is 3.20. The number of Topliss-reactive ketones (excluding diaryl/α,β-unsaturated/α-hetero) is 2. The van der Waals surface area contributed by atoms with Crippen molar-refractivity contribution in [1.82, 2.24) is 0 Å². The van der Waals surface area contributed by atoms with Gasteiger partial charge in [-0.2, -0.15) is 0 Å². The number of carbonyl (C=O) groups excluding carboxylic acids is 2. The molecule has 2 aromatic rings. The average molecular weight is 541 g/mol. The summed E-state index contributed by atoms with van der Waals surface area (Å²) in [5.41, 5.74) is 1.52. The fourth-order valence-corrected chi connectivity index (χ4v) is 9.61. The maximum absolute atomic E-state index is 11.6. The van der Waals surface area contributed by atoms with Gasteiger partial charge in [-0.05, 0) is 0 Å². The number of carbonyl (C=O) groups is 2. The van der Waals surface area contributed by atoms with Gasteiger partial charge in [0.25, 0.3) is 0 Å². The number of rotatable bonds is 5. The van der Waals surface area contributed by atoms with E-state index in [0.717, 1.165) is 30.4 Å². The molecule has 0 aromatic heterocycles. The second-order valence-corrected chi connectivity index (χ2v) is 12.7. The quantitative estimate of drug-likeness (QED) is 0.406. The Balaban J connectivity index is 2.02. The molecule has 0 aliphatic heterocycles. The van der Waals surface area contributed by atoms with Crippen molar-refractivity contribution < 1.29 is 26.9 Å². The molecule has 1 aliphatic rings. The summed E-state index contributed by atoms with van der Waals surface area (Å²) in [6.45, 7) is 3.21. The molecule has 143 valence electrons. The van der Waals surface area contributed by atoms with E-state index >= 15 is 0 Å². The number of allylic oxidation sites excluding steroid dienone is 4. The Morgan fingerprint density at radius 1 is 0.741 bits per heavy atom. The van der Waals surface area contributed by atoms with Crippen LogP contribution < -0.4 is 7.91 Å². The summed E-state index contributed by atoms with van der Waals surface area (Å²) in [6, 6.07) is 16.4. The molecule has 1 atom stereocenters. The van der Waals surface area contributed by atoms with E-state index in [1.54, 1.807) is 13.8 Å². The van der Waals surface area contributed by atoms with Crippen molar-refractivity contribution in [2.24, 2.45) is 0 Å². The predicted octanol–water partition coefficient (Wildman–Crippen LogP) is 4.75. The molecule has 2 aromatic carbocycles. The summed E-state index contributed by atoms with van der Waals surface area (Å²) in [5.74, 6) is 0.197. The van der Waals surface area contributed by atoms with E-state index in [4.69, 9.17) is 0 Å². The molecule has 3 heteroatoms. The molecule has 0 amide bonds. The van der Waals surface area contributed by atoms with Crippen LogP contribution in [0.5, 0.6) is 0 Å².